The summed E-state index contributed by atoms with van der Waals surface area (Å²) in [4.78, 5) is 35.8. The second kappa shape index (κ2) is 9.98. The molecule has 6 nitrogen and oxygen atoms in total. The number of rotatable bonds is 7. The minimum atomic E-state index is -0.674. The highest BCUT2D eigenvalue weighted by Gasteiger charge is 2.25. The molecule has 6 heteroatoms. The second-order valence-electron chi connectivity index (χ2n) is 5.67. The predicted octanol–water partition coefficient (Wildman–Crippen LogP) is 2.60. The molecule has 26 heavy (non-hydrogen) atoms. The molecule has 0 heterocycles. The van der Waals surface area contributed by atoms with E-state index >= 15 is 0 Å². The maximum absolute atomic E-state index is 12.6. The van der Waals surface area contributed by atoms with E-state index in [0.29, 0.717) is 6.54 Å². The lowest BCUT2D eigenvalue weighted by molar-refractivity contribution is -0.148. The summed E-state index contributed by atoms with van der Waals surface area (Å²) in [5, 5.41) is 4.64. The van der Waals surface area contributed by atoms with Crippen molar-refractivity contribution in [3.05, 3.63) is 71.8 Å². The van der Waals surface area contributed by atoms with Gasteiger partial charge in [0, 0.05) is 6.54 Å². The van der Waals surface area contributed by atoms with Crippen molar-refractivity contribution >= 4 is 17.9 Å². The Balaban J connectivity index is 2.02. The third-order valence-corrected chi connectivity index (χ3v) is 3.64. The van der Waals surface area contributed by atoms with Crippen molar-refractivity contribution in [2.45, 2.75) is 19.3 Å². The zero-order valence-corrected chi connectivity index (χ0v) is 14.6. The summed E-state index contributed by atoms with van der Waals surface area (Å²) in [6.45, 7) is 1.84. The van der Waals surface area contributed by atoms with E-state index in [4.69, 9.17) is 4.74 Å². The summed E-state index contributed by atoms with van der Waals surface area (Å²) in [6.07, 6.45) is 0.756. The van der Waals surface area contributed by atoms with Crippen molar-refractivity contribution in [2.24, 2.45) is 0 Å². The molecule has 0 spiro atoms. The highest BCUT2D eigenvalue weighted by atomic mass is 16.5. The van der Waals surface area contributed by atoms with Crippen LogP contribution in [0.2, 0.25) is 0 Å². The zero-order valence-electron chi connectivity index (χ0n) is 14.6. The number of carbonyl (C=O) groups excluding carboxylic acids is 3. The van der Waals surface area contributed by atoms with Gasteiger partial charge in [-0.05, 0) is 17.5 Å². The quantitative estimate of drug-likeness (QED) is 0.749. The van der Waals surface area contributed by atoms with E-state index in [0.717, 1.165) is 17.5 Å². The normalized spacial score (nSPS) is 10.2. The van der Waals surface area contributed by atoms with Crippen LogP contribution in [-0.4, -0.2) is 31.1 Å². The lowest BCUT2D eigenvalue weighted by Crippen LogP contribution is -2.41. The van der Waals surface area contributed by atoms with Crippen molar-refractivity contribution in [3.8, 4) is 0 Å². The number of imide groups is 1. The van der Waals surface area contributed by atoms with Gasteiger partial charge in [0.1, 0.15) is 5.92 Å². The topological polar surface area (TPSA) is 84.5 Å². The molecule has 0 aliphatic heterocycles. The third-order valence-electron chi connectivity index (χ3n) is 3.64. The summed E-state index contributed by atoms with van der Waals surface area (Å²) in [5.41, 5.74) is 1.54. The minimum absolute atomic E-state index is 0.461. The predicted molar refractivity (Wildman–Crippen MR) is 97.5 cm³/mol. The fourth-order valence-corrected chi connectivity index (χ4v) is 2.42. The lowest BCUT2D eigenvalue weighted by atomic mass is 9.91. The average Bonchev–Trinajstić information content (AvgIpc) is 2.66. The molecule has 2 rings (SSSR count). The van der Waals surface area contributed by atoms with Crippen molar-refractivity contribution in [2.75, 3.05) is 13.2 Å². The summed E-state index contributed by atoms with van der Waals surface area (Å²) in [7, 11) is 0. The minimum Gasteiger partial charge on any atom is -0.455 e. The Hall–Kier alpha value is -3.15. The first kappa shape index (κ1) is 19.2. The van der Waals surface area contributed by atoms with Gasteiger partial charge in [-0.3, -0.25) is 14.9 Å². The number of esters is 1. The molecular weight excluding hydrogens is 332 g/mol. The van der Waals surface area contributed by atoms with Gasteiger partial charge in [0.05, 0.1) is 0 Å². The van der Waals surface area contributed by atoms with E-state index in [1.165, 1.54) is 0 Å². The number of carbonyl (C=O) groups is 3. The van der Waals surface area contributed by atoms with Gasteiger partial charge < -0.3 is 10.1 Å². The Morgan fingerprint density at radius 2 is 1.46 bits per heavy atom. The van der Waals surface area contributed by atoms with E-state index in [1.54, 1.807) is 0 Å². The van der Waals surface area contributed by atoms with Gasteiger partial charge in [-0.15, -0.1) is 0 Å². The molecule has 0 aliphatic carbocycles. The molecule has 0 unspecified atom stereocenters. The molecule has 0 aliphatic rings. The summed E-state index contributed by atoms with van der Waals surface area (Å²) >= 11 is 0. The number of hydrogen-bond acceptors (Lipinski definition) is 4. The molecule has 3 amide bonds. The van der Waals surface area contributed by atoms with E-state index in [1.807, 2.05) is 67.6 Å². The molecule has 2 aromatic rings. The van der Waals surface area contributed by atoms with E-state index < -0.39 is 30.4 Å². The Bertz CT molecular complexity index is 692. The Labute approximate surface area is 152 Å². The highest BCUT2D eigenvalue weighted by molar-refractivity contribution is 5.96. The van der Waals surface area contributed by atoms with Gasteiger partial charge in [0.15, 0.2) is 6.61 Å². The Kier molecular flexibility index (Phi) is 7.36. The highest BCUT2D eigenvalue weighted by Crippen LogP contribution is 2.25. The summed E-state index contributed by atoms with van der Waals surface area (Å²) < 4.78 is 5.15. The molecule has 0 saturated heterocycles. The molecule has 0 radical (unpaired) electrons. The van der Waals surface area contributed by atoms with Crippen LogP contribution in [0.5, 0.6) is 0 Å². The zero-order chi connectivity index (χ0) is 18.8. The molecule has 0 fully saturated rings. The van der Waals surface area contributed by atoms with Gasteiger partial charge in [0.2, 0.25) is 0 Å². The summed E-state index contributed by atoms with van der Waals surface area (Å²) in [5.74, 6) is -1.86. The maximum atomic E-state index is 12.6. The van der Waals surface area contributed by atoms with Crippen molar-refractivity contribution in [3.63, 3.8) is 0 Å². The molecule has 0 aromatic heterocycles. The Morgan fingerprint density at radius 1 is 0.923 bits per heavy atom. The molecular formula is C20H22N2O4. The van der Waals surface area contributed by atoms with E-state index in [9.17, 15) is 14.4 Å². The second-order valence-corrected chi connectivity index (χ2v) is 5.67. The third kappa shape index (κ3) is 5.73. The van der Waals surface area contributed by atoms with Gasteiger partial charge in [-0.2, -0.15) is 0 Å². The van der Waals surface area contributed by atoms with Crippen LogP contribution >= 0.6 is 0 Å². The molecule has 2 N–H and O–H groups in total. The van der Waals surface area contributed by atoms with Crippen molar-refractivity contribution < 1.29 is 19.1 Å². The number of hydrogen-bond donors (Lipinski definition) is 2. The monoisotopic (exact) mass is 354 g/mol. The molecule has 0 bridgehead atoms. The van der Waals surface area contributed by atoms with Crippen molar-refractivity contribution in [1.29, 1.82) is 0 Å². The number of benzene rings is 2. The number of ether oxygens (including phenoxy) is 1. The smallest absolute Gasteiger partial charge is 0.321 e. The van der Waals surface area contributed by atoms with Crippen LogP contribution in [-0.2, 0) is 14.3 Å². The fraction of sp³-hybridized carbons (Fsp3) is 0.250. The van der Waals surface area contributed by atoms with Crippen LogP contribution in [0.3, 0.4) is 0 Å². The van der Waals surface area contributed by atoms with Crippen LogP contribution < -0.4 is 10.6 Å². The molecule has 0 atom stereocenters. The molecule has 2 aromatic carbocycles. The van der Waals surface area contributed by atoms with Gasteiger partial charge in [-0.1, -0.05) is 67.6 Å². The Morgan fingerprint density at radius 3 is 1.96 bits per heavy atom. The maximum Gasteiger partial charge on any atom is 0.321 e. The number of urea groups is 1. The largest absolute Gasteiger partial charge is 0.455 e. The molecule has 0 saturated carbocycles. The van der Waals surface area contributed by atoms with Crippen LogP contribution in [0.15, 0.2) is 60.7 Å². The van der Waals surface area contributed by atoms with Crippen LogP contribution in [0, 0.1) is 0 Å². The van der Waals surface area contributed by atoms with Gasteiger partial charge >= 0.3 is 12.0 Å². The van der Waals surface area contributed by atoms with Crippen LogP contribution in [0.25, 0.3) is 0 Å². The lowest BCUT2D eigenvalue weighted by Gasteiger charge is -2.17. The summed E-state index contributed by atoms with van der Waals surface area (Å²) in [6, 6.07) is 17.8. The first-order valence-electron chi connectivity index (χ1n) is 8.46. The SMILES string of the molecule is CCCNC(=O)NC(=O)COC(=O)C(c1ccccc1)c1ccccc1. The number of nitrogens with one attached hydrogen (secondary N) is 2. The van der Waals surface area contributed by atoms with E-state index in [-0.39, 0.29) is 0 Å². The number of amides is 3. The van der Waals surface area contributed by atoms with E-state index in [2.05, 4.69) is 10.6 Å². The first-order valence-corrected chi connectivity index (χ1v) is 8.46. The molecule has 136 valence electrons. The average molecular weight is 354 g/mol. The van der Waals surface area contributed by atoms with Crippen molar-refractivity contribution in [1.82, 2.24) is 10.6 Å². The fourth-order valence-electron chi connectivity index (χ4n) is 2.42. The standard InChI is InChI=1S/C20H22N2O4/c1-2-13-21-20(25)22-17(23)14-26-19(24)18(15-9-5-3-6-10-15)16-11-7-4-8-12-16/h3-12,18H,2,13-14H2,1H3,(H2,21,22,23,25). The first-order chi connectivity index (χ1) is 12.6. The van der Waals surface area contributed by atoms with Gasteiger partial charge in [-0.25, -0.2) is 4.79 Å². The van der Waals surface area contributed by atoms with Gasteiger partial charge in [0.25, 0.3) is 5.91 Å². The van der Waals surface area contributed by atoms with Crippen LogP contribution in [0.4, 0.5) is 4.79 Å². The van der Waals surface area contributed by atoms with Crippen LogP contribution in [0.1, 0.15) is 30.4 Å².